The second-order valence-corrected chi connectivity index (χ2v) is 6.36. The van der Waals surface area contributed by atoms with Gasteiger partial charge in [-0.05, 0) is 17.7 Å². The highest BCUT2D eigenvalue weighted by molar-refractivity contribution is 6.30. The number of halogens is 2. The van der Waals surface area contributed by atoms with Gasteiger partial charge in [-0.25, -0.2) is 0 Å². The fourth-order valence-electron chi connectivity index (χ4n) is 3.12. The summed E-state index contributed by atoms with van der Waals surface area (Å²) < 4.78 is 0. The van der Waals surface area contributed by atoms with Crippen molar-refractivity contribution in [2.75, 3.05) is 19.6 Å². The van der Waals surface area contributed by atoms with Crippen LogP contribution in [0.2, 0.25) is 5.02 Å². The molecule has 0 bridgehead atoms. The molecule has 138 valence electrons. The van der Waals surface area contributed by atoms with Crippen molar-refractivity contribution in [2.45, 2.75) is 12.5 Å². The molecule has 0 radical (unpaired) electrons. The van der Waals surface area contributed by atoms with E-state index in [9.17, 15) is 14.9 Å². The van der Waals surface area contributed by atoms with Crippen LogP contribution in [0.1, 0.15) is 17.2 Å². The lowest BCUT2D eigenvalue weighted by atomic mass is 10.0. The summed E-state index contributed by atoms with van der Waals surface area (Å²) in [6.07, 6.45) is 0.00815. The number of hydrogen-bond acceptors (Lipinski definition) is 4. The summed E-state index contributed by atoms with van der Waals surface area (Å²) in [5.41, 5.74) is 1.36. The Morgan fingerprint density at radius 3 is 2.77 bits per heavy atom. The lowest BCUT2D eigenvalue weighted by Gasteiger charge is -2.36. The predicted molar refractivity (Wildman–Crippen MR) is 103 cm³/mol. The normalized spacial score (nSPS) is 16.7. The lowest BCUT2D eigenvalue weighted by molar-refractivity contribution is -0.385. The Labute approximate surface area is 162 Å². The first-order valence-corrected chi connectivity index (χ1v) is 8.42. The largest absolute Gasteiger partial charge is 0.333 e. The number of carbonyl (C=O) groups is 1. The van der Waals surface area contributed by atoms with Crippen molar-refractivity contribution in [2.24, 2.45) is 0 Å². The quantitative estimate of drug-likeness (QED) is 0.635. The van der Waals surface area contributed by atoms with Crippen molar-refractivity contribution in [3.8, 4) is 0 Å². The number of nitrogens with one attached hydrogen (secondary N) is 1. The third kappa shape index (κ3) is 4.52. The van der Waals surface area contributed by atoms with Crippen molar-refractivity contribution >= 4 is 35.6 Å². The third-order valence-corrected chi connectivity index (χ3v) is 4.56. The van der Waals surface area contributed by atoms with Gasteiger partial charge in [0.2, 0.25) is 5.91 Å². The van der Waals surface area contributed by atoms with Crippen LogP contribution in [-0.2, 0) is 11.2 Å². The molecular weight excluding hydrogens is 377 g/mol. The van der Waals surface area contributed by atoms with Crippen LogP contribution >= 0.6 is 24.0 Å². The predicted octanol–water partition coefficient (Wildman–Crippen LogP) is 3.39. The molecule has 8 heteroatoms. The van der Waals surface area contributed by atoms with E-state index in [2.05, 4.69) is 5.32 Å². The number of amides is 1. The van der Waals surface area contributed by atoms with Crippen LogP contribution in [0, 0.1) is 10.1 Å². The molecule has 1 heterocycles. The van der Waals surface area contributed by atoms with E-state index in [4.69, 9.17) is 11.6 Å². The maximum absolute atomic E-state index is 12.9. The molecule has 1 atom stereocenters. The number of nitro groups is 1. The van der Waals surface area contributed by atoms with Crippen molar-refractivity contribution in [1.29, 1.82) is 0 Å². The van der Waals surface area contributed by atoms with Crippen LogP contribution in [0.5, 0.6) is 0 Å². The minimum atomic E-state index is -0.450. The van der Waals surface area contributed by atoms with Gasteiger partial charge in [0.05, 0.1) is 17.4 Å². The van der Waals surface area contributed by atoms with Gasteiger partial charge in [-0.15, -0.1) is 12.4 Å². The molecule has 1 aliphatic heterocycles. The molecule has 1 saturated heterocycles. The highest BCUT2D eigenvalue weighted by Gasteiger charge is 2.29. The summed E-state index contributed by atoms with van der Waals surface area (Å²) in [5.74, 6) is -0.124. The first-order chi connectivity index (χ1) is 12.1. The maximum atomic E-state index is 12.9. The zero-order chi connectivity index (χ0) is 17.8. The Hall–Kier alpha value is -2.15. The number of nitro benzene ring substituents is 1. The summed E-state index contributed by atoms with van der Waals surface area (Å²) in [4.78, 5) is 25.3. The van der Waals surface area contributed by atoms with E-state index in [1.807, 2.05) is 18.2 Å². The average molecular weight is 396 g/mol. The van der Waals surface area contributed by atoms with E-state index in [1.165, 1.54) is 6.07 Å². The number of benzene rings is 2. The summed E-state index contributed by atoms with van der Waals surface area (Å²) in [7, 11) is 0. The van der Waals surface area contributed by atoms with Gasteiger partial charge in [0.1, 0.15) is 0 Å². The lowest BCUT2D eigenvalue weighted by Crippen LogP contribution is -2.49. The maximum Gasteiger partial charge on any atom is 0.273 e. The molecule has 0 spiro atoms. The fraction of sp³-hybridized carbons (Fsp3) is 0.278. The Balaban J connectivity index is 0.00000243. The van der Waals surface area contributed by atoms with Gasteiger partial charge in [0.15, 0.2) is 0 Å². The van der Waals surface area contributed by atoms with E-state index in [0.29, 0.717) is 30.2 Å². The molecule has 3 rings (SSSR count). The van der Waals surface area contributed by atoms with Crippen LogP contribution in [0.15, 0.2) is 48.5 Å². The molecule has 2 aromatic rings. The molecule has 2 aromatic carbocycles. The molecule has 0 saturated carbocycles. The van der Waals surface area contributed by atoms with Gasteiger partial charge < -0.3 is 10.2 Å². The first kappa shape index (κ1) is 20.2. The number of para-hydroxylation sites is 1. The average Bonchev–Trinajstić information content (AvgIpc) is 2.62. The van der Waals surface area contributed by atoms with Crippen molar-refractivity contribution in [1.82, 2.24) is 10.2 Å². The second-order valence-electron chi connectivity index (χ2n) is 5.92. The van der Waals surface area contributed by atoms with Gasteiger partial charge in [0.25, 0.3) is 5.69 Å². The number of carbonyl (C=O) groups excluding carboxylic acids is 1. The number of hydrogen-bond donors (Lipinski definition) is 1. The molecule has 1 amide bonds. The van der Waals surface area contributed by atoms with Gasteiger partial charge in [0, 0.05) is 36.3 Å². The Morgan fingerprint density at radius 2 is 2.04 bits per heavy atom. The molecule has 6 nitrogen and oxygen atoms in total. The van der Waals surface area contributed by atoms with Crippen LogP contribution in [0.3, 0.4) is 0 Å². The van der Waals surface area contributed by atoms with Gasteiger partial charge in [-0.2, -0.15) is 0 Å². The number of piperazine rings is 1. The first-order valence-electron chi connectivity index (χ1n) is 8.04. The standard InChI is InChI=1S/C18H18ClN3O3.ClH/c19-15-6-3-5-13(10-15)17-12-20-8-9-21(17)18(23)11-14-4-1-2-7-16(14)22(24)25;/h1-7,10,17,20H,8-9,11-12H2;1H. The van der Waals surface area contributed by atoms with E-state index in [-0.39, 0.29) is 36.5 Å². The third-order valence-electron chi connectivity index (χ3n) is 4.33. The van der Waals surface area contributed by atoms with E-state index >= 15 is 0 Å². The fourth-order valence-corrected chi connectivity index (χ4v) is 3.32. The zero-order valence-electron chi connectivity index (χ0n) is 13.9. The summed E-state index contributed by atoms with van der Waals surface area (Å²) in [6.45, 7) is 1.87. The van der Waals surface area contributed by atoms with Crippen molar-refractivity contribution < 1.29 is 9.72 Å². The van der Waals surface area contributed by atoms with E-state index in [0.717, 1.165) is 5.56 Å². The number of rotatable bonds is 4. The summed E-state index contributed by atoms with van der Waals surface area (Å²) >= 11 is 6.08. The van der Waals surface area contributed by atoms with Gasteiger partial charge in [-0.3, -0.25) is 14.9 Å². The highest BCUT2D eigenvalue weighted by Crippen LogP contribution is 2.26. The van der Waals surface area contributed by atoms with Gasteiger partial charge >= 0.3 is 0 Å². The van der Waals surface area contributed by atoms with Gasteiger partial charge in [-0.1, -0.05) is 41.9 Å². The molecule has 0 aromatic heterocycles. The highest BCUT2D eigenvalue weighted by atomic mass is 35.5. The Bertz CT molecular complexity index is 801. The van der Waals surface area contributed by atoms with Crippen molar-refractivity contribution in [3.05, 3.63) is 74.8 Å². The Kier molecular flexibility index (Phi) is 6.97. The van der Waals surface area contributed by atoms with Crippen LogP contribution in [0.25, 0.3) is 0 Å². The molecule has 1 unspecified atom stereocenters. The van der Waals surface area contributed by atoms with Crippen LogP contribution < -0.4 is 5.32 Å². The zero-order valence-corrected chi connectivity index (χ0v) is 15.5. The molecule has 26 heavy (non-hydrogen) atoms. The molecule has 1 fully saturated rings. The minimum Gasteiger partial charge on any atom is -0.333 e. The topological polar surface area (TPSA) is 75.5 Å². The van der Waals surface area contributed by atoms with E-state index in [1.54, 1.807) is 29.2 Å². The van der Waals surface area contributed by atoms with E-state index < -0.39 is 4.92 Å². The van der Waals surface area contributed by atoms with Crippen LogP contribution in [-0.4, -0.2) is 35.4 Å². The van der Waals surface area contributed by atoms with Crippen molar-refractivity contribution in [3.63, 3.8) is 0 Å². The SMILES string of the molecule is Cl.O=C(Cc1ccccc1[N+](=O)[O-])N1CCNCC1c1cccc(Cl)c1. The summed E-state index contributed by atoms with van der Waals surface area (Å²) in [5, 5.41) is 15.1. The summed E-state index contributed by atoms with van der Waals surface area (Å²) in [6, 6.07) is 13.7. The van der Waals surface area contributed by atoms with Crippen LogP contribution in [0.4, 0.5) is 5.69 Å². The molecule has 0 aliphatic carbocycles. The molecule has 1 N–H and O–H groups in total. The molecular formula is C18H19Cl2N3O3. The second kappa shape index (κ2) is 8.98. The smallest absolute Gasteiger partial charge is 0.273 e. The minimum absolute atomic E-state index is 0. The monoisotopic (exact) mass is 395 g/mol. The number of nitrogens with zero attached hydrogens (tertiary/aromatic N) is 2. The Morgan fingerprint density at radius 1 is 1.27 bits per heavy atom. The molecule has 1 aliphatic rings.